The number of hydrogen-bond acceptors (Lipinski definition) is 2. The number of unbranched alkanes of at least 4 members (excludes halogenated alkanes) is 1. The number of carbonyl (C=O) groups excluding carboxylic acids is 1. The molecule has 1 atom stereocenters. The Balaban J connectivity index is 2.93. The first-order valence-corrected chi connectivity index (χ1v) is 7.19. The van der Waals surface area contributed by atoms with Gasteiger partial charge in [0.2, 0.25) is 0 Å². The van der Waals surface area contributed by atoms with Crippen LogP contribution in [-0.4, -0.2) is 39.0 Å². The highest BCUT2D eigenvalue weighted by Crippen LogP contribution is 2.13. The second-order valence-corrected chi connectivity index (χ2v) is 5.02. The monoisotopic (exact) mass is 280 g/mol. The van der Waals surface area contributed by atoms with Crippen LogP contribution < -0.4 is 0 Å². The molecule has 0 aromatic carbocycles. The molecular weight excluding hydrogens is 256 g/mol. The van der Waals surface area contributed by atoms with Crippen molar-refractivity contribution in [2.45, 2.75) is 52.6 Å². The van der Waals surface area contributed by atoms with Crippen LogP contribution >= 0.6 is 0 Å². The molecule has 5 heteroatoms. The standard InChI is InChI=1S/C15H24N2O3/c1-4-6-10-17(12(3)5-2)15(20)13-8-7-9-16(13)11-14(18)19/h7-9,12H,4-6,10-11H2,1-3H3,(H,18,19). The third-order valence-corrected chi connectivity index (χ3v) is 3.49. The maximum Gasteiger partial charge on any atom is 0.323 e. The molecular formula is C15H24N2O3. The summed E-state index contributed by atoms with van der Waals surface area (Å²) in [6, 6.07) is 3.56. The summed E-state index contributed by atoms with van der Waals surface area (Å²) >= 11 is 0. The summed E-state index contributed by atoms with van der Waals surface area (Å²) in [5, 5.41) is 8.88. The molecule has 1 N–H and O–H groups in total. The molecule has 0 aliphatic rings. The van der Waals surface area contributed by atoms with E-state index in [1.165, 1.54) is 4.57 Å². The van der Waals surface area contributed by atoms with Crippen LogP contribution in [0.4, 0.5) is 0 Å². The number of hydrogen-bond donors (Lipinski definition) is 1. The highest BCUT2D eigenvalue weighted by molar-refractivity contribution is 5.93. The largest absolute Gasteiger partial charge is 0.480 e. The minimum absolute atomic E-state index is 0.0842. The van der Waals surface area contributed by atoms with Gasteiger partial charge in [-0.2, -0.15) is 0 Å². The van der Waals surface area contributed by atoms with E-state index in [2.05, 4.69) is 6.92 Å². The van der Waals surface area contributed by atoms with Crippen LogP contribution in [0.3, 0.4) is 0 Å². The maximum absolute atomic E-state index is 12.6. The van der Waals surface area contributed by atoms with Gasteiger partial charge in [0, 0.05) is 18.8 Å². The van der Waals surface area contributed by atoms with E-state index in [-0.39, 0.29) is 18.5 Å². The Morgan fingerprint density at radius 1 is 1.40 bits per heavy atom. The van der Waals surface area contributed by atoms with Gasteiger partial charge >= 0.3 is 5.97 Å². The lowest BCUT2D eigenvalue weighted by Gasteiger charge is -2.29. The van der Waals surface area contributed by atoms with Crippen molar-refractivity contribution in [3.63, 3.8) is 0 Å². The van der Waals surface area contributed by atoms with E-state index in [0.29, 0.717) is 12.2 Å². The zero-order valence-corrected chi connectivity index (χ0v) is 12.5. The molecule has 112 valence electrons. The van der Waals surface area contributed by atoms with E-state index in [9.17, 15) is 9.59 Å². The second kappa shape index (κ2) is 7.72. The molecule has 1 unspecified atom stereocenters. The van der Waals surface area contributed by atoms with Crippen molar-refractivity contribution in [2.24, 2.45) is 0 Å². The third kappa shape index (κ3) is 4.11. The SMILES string of the molecule is CCCCN(C(=O)c1cccn1CC(=O)O)C(C)CC. The Kier molecular flexibility index (Phi) is 6.28. The van der Waals surface area contributed by atoms with Crippen molar-refractivity contribution in [2.75, 3.05) is 6.54 Å². The molecule has 0 fully saturated rings. The van der Waals surface area contributed by atoms with Gasteiger partial charge in [0.15, 0.2) is 0 Å². The third-order valence-electron chi connectivity index (χ3n) is 3.49. The molecule has 1 heterocycles. The van der Waals surface area contributed by atoms with Crippen molar-refractivity contribution in [1.82, 2.24) is 9.47 Å². The first-order valence-electron chi connectivity index (χ1n) is 7.19. The summed E-state index contributed by atoms with van der Waals surface area (Å²) in [6.07, 6.45) is 4.50. The molecule has 5 nitrogen and oxygen atoms in total. The predicted molar refractivity (Wildman–Crippen MR) is 77.8 cm³/mol. The molecule has 20 heavy (non-hydrogen) atoms. The highest BCUT2D eigenvalue weighted by atomic mass is 16.4. The second-order valence-electron chi connectivity index (χ2n) is 5.02. The van der Waals surface area contributed by atoms with E-state index in [4.69, 9.17) is 5.11 Å². The van der Waals surface area contributed by atoms with Gasteiger partial charge in [-0.15, -0.1) is 0 Å². The summed E-state index contributed by atoms with van der Waals surface area (Å²) in [5.41, 5.74) is 0.448. The van der Waals surface area contributed by atoms with E-state index in [1.54, 1.807) is 18.3 Å². The van der Waals surface area contributed by atoms with Crippen molar-refractivity contribution in [1.29, 1.82) is 0 Å². The molecule has 1 rings (SSSR count). The number of carboxylic acid groups (broad SMARTS) is 1. The number of nitrogens with zero attached hydrogens (tertiary/aromatic N) is 2. The molecule has 0 saturated carbocycles. The van der Waals surface area contributed by atoms with Crippen LogP contribution in [-0.2, 0) is 11.3 Å². The Morgan fingerprint density at radius 2 is 2.10 bits per heavy atom. The quantitative estimate of drug-likeness (QED) is 0.796. The Bertz CT molecular complexity index is 454. The summed E-state index contributed by atoms with van der Waals surface area (Å²) in [4.78, 5) is 25.3. The number of aromatic nitrogens is 1. The van der Waals surface area contributed by atoms with Crippen molar-refractivity contribution in [3.8, 4) is 0 Å². The molecule has 0 bridgehead atoms. The van der Waals surface area contributed by atoms with E-state index in [0.717, 1.165) is 19.3 Å². The Hall–Kier alpha value is -1.78. The first-order chi connectivity index (χ1) is 9.51. The number of amides is 1. The maximum atomic E-state index is 12.6. The van der Waals surface area contributed by atoms with Crippen molar-refractivity contribution >= 4 is 11.9 Å². The lowest BCUT2D eigenvalue weighted by molar-refractivity contribution is -0.137. The zero-order chi connectivity index (χ0) is 15.1. The van der Waals surface area contributed by atoms with Crippen LogP contribution in [0.15, 0.2) is 18.3 Å². The average molecular weight is 280 g/mol. The summed E-state index contributed by atoms with van der Waals surface area (Å²) < 4.78 is 1.49. The summed E-state index contributed by atoms with van der Waals surface area (Å²) in [7, 11) is 0. The lowest BCUT2D eigenvalue weighted by Crippen LogP contribution is -2.40. The predicted octanol–water partition coefficient (Wildman–Crippen LogP) is 2.61. The zero-order valence-electron chi connectivity index (χ0n) is 12.5. The number of carbonyl (C=O) groups is 2. The van der Waals surface area contributed by atoms with Crippen LogP contribution in [0.2, 0.25) is 0 Å². The number of aliphatic carboxylic acids is 1. The molecule has 0 radical (unpaired) electrons. The average Bonchev–Trinajstić information content (AvgIpc) is 2.85. The fourth-order valence-electron chi connectivity index (χ4n) is 2.11. The van der Waals surface area contributed by atoms with Crippen LogP contribution in [0.1, 0.15) is 50.5 Å². The minimum Gasteiger partial charge on any atom is -0.480 e. The highest BCUT2D eigenvalue weighted by Gasteiger charge is 2.22. The van der Waals surface area contributed by atoms with Gasteiger partial charge in [-0.3, -0.25) is 9.59 Å². The van der Waals surface area contributed by atoms with E-state index < -0.39 is 5.97 Å². The summed E-state index contributed by atoms with van der Waals surface area (Å²) in [6.45, 7) is 6.69. The first kappa shape index (κ1) is 16.3. The number of carboxylic acids is 1. The topological polar surface area (TPSA) is 62.5 Å². The van der Waals surface area contributed by atoms with Crippen molar-refractivity contribution in [3.05, 3.63) is 24.0 Å². The molecule has 0 aliphatic heterocycles. The molecule has 0 spiro atoms. The fraction of sp³-hybridized carbons (Fsp3) is 0.600. The van der Waals surface area contributed by atoms with Gasteiger partial charge in [-0.1, -0.05) is 20.3 Å². The molecule has 1 aromatic heterocycles. The van der Waals surface area contributed by atoms with Gasteiger partial charge in [0.25, 0.3) is 5.91 Å². The van der Waals surface area contributed by atoms with Gasteiger partial charge in [0.05, 0.1) is 0 Å². The van der Waals surface area contributed by atoms with Crippen LogP contribution in [0.25, 0.3) is 0 Å². The van der Waals surface area contributed by atoms with Crippen LogP contribution in [0, 0.1) is 0 Å². The van der Waals surface area contributed by atoms with E-state index in [1.807, 2.05) is 18.7 Å². The van der Waals surface area contributed by atoms with Gasteiger partial charge in [-0.05, 0) is 31.9 Å². The van der Waals surface area contributed by atoms with Gasteiger partial charge in [0.1, 0.15) is 12.2 Å². The fourth-order valence-corrected chi connectivity index (χ4v) is 2.11. The molecule has 0 aliphatic carbocycles. The summed E-state index contributed by atoms with van der Waals surface area (Å²) in [5.74, 6) is -1.03. The van der Waals surface area contributed by atoms with Gasteiger partial charge in [-0.25, -0.2) is 0 Å². The minimum atomic E-state index is -0.945. The van der Waals surface area contributed by atoms with Gasteiger partial charge < -0.3 is 14.6 Å². The smallest absolute Gasteiger partial charge is 0.323 e. The van der Waals surface area contributed by atoms with Crippen molar-refractivity contribution < 1.29 is 14.7 Å². The Labute approximate surface area is 120 Å². The normalized spacial score (nSPS) is 12.2. The molecule has 1 aromatic rings. The van der Waals surface area contributed by atoms with E-state index >= 15 is 0 Å². The lowest BCUT2D eigenvalue weighted by atomic mass is 10.2. The Morgan fingerprint density at radius 3 is 2.65 bits per heavy atom. The molecule has 1 amide bonds. The molecule has 0 saturated heterocycles. The van der Waals surface area contributed by atoms with Crippen LogP contribution in [0.5, 0.6) is 0 Å². The number of rotatable bonds is 8.